The number of rotatable bonds is 32. The Morgan fingerprint density at radius 2 is 0.683 bits per heavy atom. The molecule has 4 nitrogen and oxygen atoms in total. The minimum Gasteiger partial charge on any atom is -0.589 e. The molecule has 0 aliphatic carbocycles. The highest BCUT2D eigenvalue weighted by molar-refractivity contribution is 6.25. The molecule has 0 atom stereocenters. The molecule has 237 valence electrons. The first kappa shape index (κ1) is 40.0. The van der Waals surface area contributed by atoms with Crippen LogP contribution < -0.4 is 0 Å². The van der Waals surface area contributed by atoms with Crippen molar-refractivity contribution in [3.05, 3.63) is 24.3 Å². The van der Waals surface area contributed by atoms with Gasteiger partial charge in [-0.2, -0.15) is 0 Å². The predicted molar refractivity (Wildman–Crippen MR) is 177 cm³/mol. The monoisotopic (exact) mass is 589 g/mol. The van der Waals surface area contributed by atoms with E-state index in [1.807, 2.05) is 0 Å². The predicted octanol–water partition coefficient (Wildman–Crippen LogP) is 11.7. The fraction of sp³-hybridized carbons (Fsp3) is 0.833. The minimum atomic E-state index is -1.01. The third kappa shape index (κ3) is 35.1. The average Bonchev–Trinajstić information content (AvgIpc) is 2.97. The van der Waals surface area contributed by atoms with Crippen LogP contribution in [0.2, 0.25) is 0 Å². The van der Waals surface area contributed by atoms with Gasteiger partial charge in [-0.05, 0) is 64.2 Å². The summed E-state index contributed by atoms with van der Waals surface area (Å²) in [4.78, 5) is 23.7. The number of hydrogen-bond donors (Lipinski definition) is 0. The van der Waals surface area contributed by atoms with Crippen LogP contribution in [0, 0.1) is 0 Å². The Morgan fingerprint density at radius 3 is 1.00 bits per heavy atom. The summed E-state index contributed by atoms with van der Waals surface area (Å²) in [5, 5.41) is 0. The van der Waals surface area contributed by atoms with Crippen molar-refractivity contribution in [1.29, 1.82) is 0 Å². The van der Waals surface area contributed by atoms with E-state index in [1.54, 1.807) is 0 Å². The number of allylic oxidation sites excluding steroid dienone is 4. The van der Waals surface area contributed by atoms with Crippen LogP contribution in [0.4, 0.5) is 0 Å². The van der Waals surface area contributed by atoms with Crippen LogP contribution in [0.15, 0.2) is 24.3 Å². The molecule has 0 rings (SSSR count). The Morgan fingerprint density at radius 1 is 0.415 bits per heavy atom. The molecule has 0 aliphatic heterocycles. The number of unbranched alkanes of at least 4 members (excludes halogenated alkanes) is 22. The van der Waals surface area contributed by atoms with Gasteiger partial charge in [-0.1, -0.05) is 141 Å². The third-order valence-electron chi connectivity index (χ3n) is 7.64. The zero-order chi connectivity index (χ0) is 29.9. The van der Waals surface area contributed by atoms with Crippen molar-refractivity contribution in [2.24, 2.45) is 0 Å². The molecule has 0 N–H and O–H groups in total. The number of carbonyl (C=O) groups excluding carboxylic acids is 2. The Kier molecular flexibility index (Phi) is 34.3. The summed E-state index contributed by atoms with van der Waals surface area (Å²) in [6.45, 7) is 4.53. The topological polar surface area (TPSA) is 52.6 Å². The van der Waals surface area contributed by atoms with Gasteiger partial charge in [0.15, 0.2) is 0 Å². The molecule has 5 heteroatoms. The first-order valence-corrected chi connectivity index (χ1v) is 18.7. The highest BCUT2D eigenvalue weighted by Gasteiger charge is 2.13. The van der Waals surface area contributed by atoms with Gasteiger partial charge in [0.1, 0.15) is 0 Å². The SMILES string of the molecule is CCCCCCCC/C=C\CCCCCCCC(=O)[O][Al][O]C(=O)CCCCCCC/C=C\CCCCCCCC. The van der Waals surface area contributed by atoms with Gasteiger partial charge in [-0.15, -0.1) is 0 Å². The van der Waals surface area contributed by atoms with Gasteiger partial charge in [-0.3, -0.25) is 9.59 Å². The maximum Gasteiger partial charge on any atom is 0.885 e. The van der Waals surface area contributed by atoms with Gasteiger partial charge in [-0.25, -0.2) is 0 Å². The van der Waals surface area contributed by atoms with Gasteiger partial charge in [0.05, 0.1) is 0 Å². The Hall–Kier alpha value is -1.05. The van der Waals surface area contributed by atoms with Crippen molar-refractivity contribution in [2.75, 3.05) is 0 Å². The minimum absolute atomic E-state index is 0.230. The van der Waals surface area contributed by atoms with Gasteiger partial charge < -0.3 is 7.58 Å². The molecule has 0 aromatic heterocycles. The van der Waals surface area contributed by atoms with Crippen LogP contribution in [0.25, 0.3) is 0 Å². The molecular formula is C36H66AlO4. The maximum absolute atomic E-state index is 11.9. The molecule has 0 aromatic rings. The zero-order valence-corrected chi connectivity index (χ0v) is 28.5. The third-order valence-corrected chi connectivity index (χ3v) is 8.36. The molecule has 0 saturated carbocycles. The molecule has 0 saturated heterocycles. The van der Waals surface area contributed by atoms with Gasteiger partial charge in [0, 0.05) is 12.8 Å². The fourth-order valence-corrected chi connectivity index (χ4v) is 5.43. The van der Waals surface area contributed by atoms with Gasteiger partial charge in [0.2, 0.25) is 0 Å². The smallest absolute Gasteiger partial charge is 0.589 e. The molecule has 0 unspecified atom stereocenters. The molecule has 0 fully saturated rings. The molecule has 0 spiro atoms. The van der Waals surface area contributed by atoms with Crippen LogP contribution in [-0.4, -0.2) is 27.8 Å². The lowest BCUT2D eigenvalue weighted by atomic mass is 10.1. The molecule has 0 aliphatic rings. The van der Waals surface area contributed by atoms with Crippen molar-refractivity contribution in [3.8, 4) is 0 Å². The lowest BCUT2D eigenvalue weighted by Gasteiger charge is -2.06. The molecule has 0 aromatic carbocycles. The molecular weight excluding hydrogens is 523 g/mol. The molecule has 41 heavy (non-hydrogen) atoms. The first-order valence-electron chi connectivity index (χ1n) is 17.7. The summed E-state index contributed by atoms with van der Waals surface area (Å²) in [6.07, 6.45) is 42.4. The van der Waals surface area contributed by atoms with E-state index in [0.717, 1.165) is 38.5 Å². The van der Waals surface area contributed by atoms with Crippen molar-refractivity contribution >= 4 is 27.8 Å². The van der Waals surface area contributed by atoms with Crippen LogP contribution >= 0.6 is 0 Å². The second kappa shape index (κ2) is 35.2. The molecule has 1 radical (unpaired) electrons. The summed E-state index contributed by atoms with van der Waals surface area (Å²) in [5.74, 6) is -0.460. The summed E-state index contributed by atoms with van der Waals surface area (Å²) in [5.41, 5.74) is 0. The summed E-state index contributed by atoms with van der Waals surface area (Å²) in [6, 6.07) is 0. The zero-order valence-electron chi connectivity index (χ0n) is 27.3. The van der Waals surface area contributed by atoms with Crippen molar-refractivity contribution < 1.29 is 17.2 Å². The van der Waals surface area contributed by atoms with Crippen molar-refractivity contribution in [2.45, 2.75) is 194 Å². The Labute approximate surface area is 262 Å². The fourth-order valence-electron chi connectivity index (χ4n) is 4.93. The summed E-state index contributed by atoms with van der Waals surface area (Å²) in [7, 11) is 0. The van der Waals surface area contributed by atoms with Crippen molar-refractivity contribution in [1.82, 2.24) is 0 Å². The van der Waals surface area contributed by atoms with E-state index >= 15 is 0 Å². The molecule has 0 amide bonds. The van der Waals surface area contributed by atoms with Crippen LogP contribution in [-0.2, 0) is 17.2 Å². The maximum atomic E-state index is 11.9. The summed E-state index contributed by atoms with van der Waals surface area (Å²) >= 11 is -1.01. The van der Waals surface area contributed by atoms with Gasteiger partial charge >= 0.3 is 15.9 Å². The van der Waals surface area contributed by atoms with Crippen LogP contribution in [0.3, 0.4) is 0 Å². The molecule has 0 bridgehead atoms. The molecule has 0 heterocycles. The number of carbonyl (C=O) groups is 2. The second-order valence-electron chi connectivity index (χ2n) is 11.7. The lowest BCUT2D eigenvalue weighted by Crippen LogP contribution is -2.15. The van der Waals surface area contributed by atoms with E-state index in [9.17, 15) is 9.59 Å². The van der Waals surface area contributed by atoms with Crippen LogP contribution in [0.5, 0.6) is 0 Å². The quantitative estimate of drug-likeness (QED) is 0.0445. The van der Waals surface area contributed by atoms with E-state index < -0.39 is 15.9 Å². The highest BCUT2D eigenvalue weighted by Crippen LogP contribution is 2.12. The van der Waals surface area contributed by atoms with E-state index in [1.165, 1.54) is 128 Å². The van der Waals surface area contributed by atoms with Crippen LogP contribution in [0.1, 0.15) is 194 Å². The standard InChI is InChI=1S/2C18H34O2.Al/c2*1-2-3-4-5-6-7-8-9-10-11-12-13-14-15-16-17-18(19)20;/h2*9-10H,2-8,11-17H2,1H3,(H,19,20);/q;;+2/p-2/b2*10-9-;. The highest BCUT2D eigenvalue weighted by atomic mass is 27.2. The Balaban J connectivity index is 3.35. The normalized spacial score (nSPS) is 11.5. The Bertz CT molecular complexity index is 565. The van der Waals surface area contributed by atoms with Gasteiger partial charge in [0.25, 0.3) is 11.9 Å². The van der Waals surface area contributed by atoms with Crippen molar-refractivity contribution in [3.63, 3.8) is 0 Å². The average molecular weight is 590 g/mol. The second-order valence-corrected chi connectivity index (χ2v) is 12.4. The van der Waals surface area contributed by atoms with E-state index in [2.05, 4.69) is 38.2 Å². The largest absolute Gasteiger partial charge is 0.885 e. The summed E-state index contributed by atoms with van der Waals surface area (Å²) < 4.78 is 10.3. The van der Waals surface area contributed by atoms with E-state index in [4.69, 9.17) is 7.58 Å². The lowest BCUT2D eigenvalue weighted by molar-refractivity contribution is -0.139. The van der Waals surface area contributed by atoms with E-state index in [-0.39, 0.29) is 11.9 Å². The van der Waals surface area contributed by atoms with E-state index in [0.29, 0.717) is 12.8 Å². The number of hydrogen-bond acceptors (Lipinski definition) is 4. The first-order chi connectivity index (χ1) is 20.2.